The number of nitrogens with two attached hydrogens (primary N) is 1. The number of rotatable bonds is 7. The van der Waals surface area contributed by atoms with Gasteiger partial charge in [0, 0.05) is 19.3 Å². The standard InChI is InChI=1S/C25H37N5O4.2ClH/c1-24(2,3)18-6-8-19(9-7-18)25(23(34)29-14-17-5-10-20(26)28-13-17)11-4-12-30(25)21(31)15-27-16-22(32)33;;/h5,10,13,16,18-19H,4,6-9,11-12,14-15H2,1-3H3,(H2,26,28)(H,29,34)(H,32,33);2*1H/t18?,19?,25-;;/m1../s1. The summed E-state index contributed by atoms with van der Waals surface area (Å²) in [6, 6.07) is 3.51. The molecule has 3 rings (SSSR count). The average molecular weight is 545 g/mol. The van der Waals surface area contributed by atoms with Crippen molar-refractivity contribution in [3.8, 4) is 0 Å². The summed E-state index contributed by atoms with van der Waals surface area (Å²) in [6.45, 7) is 7.26. The highest BCUT2D eigenvalue weighted by molar-refractivity contribution is 6.22. The van der Waals surface area contributed by atoms with Crippen LogP contribution in [0.25, 0.3) is 0 Å². The zero-order chi connectivity index (χ0) is 24.9. The van der Waals surface area contributed by atoms with Crippen LogP contribution < -0.4 is 11.1 Å². The fourth-order valence-corrected chi connectivity index (χ4v) is 5.63. The molecule has 36 heavy (non-hydrogen) atoms. The van der Waals surface area contributed by atoms with Crippen LogP contribution in [0.3, 0.4) is 0 Å². The fraction of sp³-hybridized carbons (Fsp3) is 0.640. The third-order valence-corrected chi connectivity index (χ3v) is 7.47. The number of aliphatic imine (C=N–C) groups is 1. The first-order chi connectivity index (χ1) is 16.0. The molecular formula is C25H39Cl2N5O4. The van der Waals surface area contributed by atoms with Crippen molar-refractivity contribution in [2.45, 2.75) is 71.4 Å². The highest BCUT2D eigenvalue weighted by Crippen LogP contribution is 2.48. The first kappa shape index (κ1) is 31.6. The number of likely N-dealkylation sites (tertiary alicyclic amines) is 1. The number of carbonyl (C=O) groups is 3. The van der Waals surface area contributed by atoms with Gasteiger partial charge in [-0.05, 0) is 67.4 Å². The Labute approximate surface area is 225 Å². The molecule has 11 heteroatoms. The zero-order valence-electron chi connectivity index (χ0n) is 21.2. The Kier molecular flexibility index (Phi) is 11.6. The van der Waals surface area contributed by atoms with Crippen molar-refractivity contribution in [3.05, 3.63) is 23.9 Å². The minimum Gasteiger partial charge on any atom is -0.477 e. The molecule has 2 aliphatic rings. The van der Waals surface area contributed by atoms with Gasteiger partial charge in [-0.2, -0.15) is 0 Å². The van der Waals surface area contributed by atoms with E-state index in [0.29, 0.717) is 31.2 Å². The molecule has 1 atom stereocenters. The normalized spacial score (nSPS) is 24.0. The molecule has 0 bridgehead atoms. The van der Waals surface area contributed by atoms with Crippen LogP contribution in [0.1, 0.15) is 64.9 Å². The summed E-state index contributed by atoms with van der Waals surface area (Å²) in [4.78, 5) is 47.2. The molecule has 9 nitrogen and oxygen atoms in total. The summed E-state index contributed by atoms with van der Waals surface area (Å²) in [5, 5.41) is 11.9. The molecule has 1 aromatic heterocycles. The lowest BCUT2D eigenvalue weighted by molar-refractivity contribution is -0.149. The number of aromatic nitrogens is 1. The molecule has 0 radical (unpaired) electrons. The van der Waals surface area contributed by atoms with E-state index in [2.05, 4.69) is 36.1 Å². The van der Waals surface area contributed by atoms with Gasteiger partial charge in [0.25, 0.3) is 0 Å². The van der Waals surface area contributed by atoms with E-state index in [0.717, 1.165) is 43.9 Å². The molecule has 1 aliphatic heterocycles. The predicted octanol–water partition coefficient (Wildman–Crippen LogP) is 3.49. The van der Waals surface area contributed by atoms with Crippen molar-refractivity contribution in [3.63, 3.8) is 0 Å². The number of carboxylic acids is 1. The molecule has 0 spiro atoms. The van der Waals surface area contributed by atoms with Gasteiger partial charge in [0.15, 0.2) is 0 Å². The van der Waals surface area contributed by atoms with Crippen molar-refractivity contribution in [2.24, 2.45) is 22.2 Å². The number of aliphatic carboxylic acids is 1. The number of pyridine rings is 1. The average Bonchev–Trinajstić information content (AvgIpc) is 3.24. The molecule has 2 fully saturated rings. The minimum atomic E-state index is -1.20. The van der Waals surface area contributed by atoms with Crippen molar-refractivity contribution < 1.29 is 19.5 Å². The first-order valence-corrected chi connectivity index (χ1v) is 12.1. The number of hydrogen-bond acceptors (Lipinski definition) is 6. The van der Waals surface area contributed by atoms with Gasteiger partial charge in [-0.3, -0.25) is 14.6 Å². The summed E-state index contributed by atoms with van der Waals surface area (Å²) in [5.74, 6) is -0.623. The van der Waals surface area contributed by atoms with E-state index in [4.69, 9.17) is 10.8 Å². The van der Waals surface area contributed by atoms with E-state index in [-0.39, 0.29) is 54.5 Å². The maximum absolute atomic E-state index is 13.8. The Balaban J connectivity index is 0.00000324. The smallest absolute Gasteiger partial charge is 0.346 e. The Morgan fingerprint density at radius 1 is 1.22 bits per heavy atom. The Hall–Kier alpha value is -2.39. The van der Waals surface area contributed by atoms with Gasteiger partial charge in [-0.1, -0.05) is 26.8 Å². The van der Waals surface area contributed by atoms with E-state index in [1.54, 1.807) is 17.2 Å². The monoisotopic (exact) mass is 543 g/mol. The molecule has 1 aliphatic carbocycles. The first-order valence-electron chi connectivity index (χ1n) is 12.1. The van der Waals surface area contributed by atoms with Crippen molar-refractivity contribution >= 4 is 54.6 Å². The highest BCUT2D eigenvalue weighted by atomic mass is 35.5. The van der Waals surface area contributed by atoms with Crippen LogP contribution in [-0.2, 0) is 20.9 Å². The summed E-state index contributed by atoms with van der Waals surface area (Å²) in [6.07, 6.45) is 7.48. The maximum atomic E-state index is 13.8. The number of amides is 2. The van der Waals surface area contributed by atoms with E-state index < -0.39 is 11.5 Å². The van der Waals surface area contributed by atoms with Gasteiger partial charge >= 0.3 is 5.97 Å². The summed E-state index contributed by atoms with van der Waals surface area (Å²) in [7, 11) is 0. The third-order valence-electron chi connectivity index (χ3n) is 7.47. The van der Waals surface area contributed by atoms with Crippen LogP contribution in [0, 0.1) is 17.3 Å². The van der Waals surface area contributed by atoms with Crippen molar-refractivity contribution in [2.75, 3.05) is 18.8 Å². The number of nitrogen functional groups attached to an aromatic ring is 1. The highest BCUT2D eigenvalue weighted by Gasteiger charge is 2.55. The van der Waals surface area contributed by atoms with Crippen LogP contribution in [-0.4, -0.2) is 57.6 Å². The topological polar surface area (TPSA) is 138 Å². The number of halogens is 2. The second-order valence-corrected chi connectivity index (χ2v) is 10.6. The van der Waals surface area contributed by atoms with Gasteiger partial charge in [-0.25, -0.2) is 9.78 Å². The molecule has 202 valence electrons. The minimum absolute atomic E-state index is 0. The van der Waals surface area contributed by atoms with Crippen LogP contribution in [0.5, 0.6) is 0 Å². The number of carboxylic acid groups (broad SMARTS) is 1. The largest absolute Gasteiger partial charge is 0.477 e. The Morgan fingerprint density at radius 3 is 2.44 bits per heavy atom. The number of anilines is 1. The molecule has 2 amide bonds. The number of hydrogen-bond donors (Lipinski definition) is 3. The van der Waals surface area contributed by atoms with Crippen LogP contribution in [0.2, 0.25) is 0 Å². The second kappa shape index (κ2) is 13.2. The van der Waals surface area contributed by atoms with E-state index >= 15 is 0 Å². The summed E-state index contributed by atoms with van der Waals surface area (Å²) < 4.78 is 0. The molecule has 0 unspecified atom stereocenters. The van der Waals surface area contributed by atoms with Crippen LogP contribution >= 0.6 is 24.8 Å². The molecule has 0 aromatic carbocycles. The summed E-state index contributed by atoms with van der Waals surface area (Å²) in [5.41, 5.74) is 5.75. The number of nitrogens with zero attached hydrogens (tertiary/aromatic N) is 3. The van der Waals surface area contributed by atoms with Crippen LogP contribution in [0.15, 0.2) is 23.3 Å². The van der Waals surface area contributed by atoms with Gasteiger partial charge < -0.3 is 21.1 Å². The van der Waals surface area contributed by atoms with Crippen molar-refractivity contribution in [1.82, 2.24) is 15.2 Å². The van der Waals surface area contributed by atoms with E-state index in [1.165, 1.54) is 0 Å². The number of carbonyl (C=O) groups excluding carboxylic acids is 2. The SMILES string of the molecule is CC(C)(C)C1CCC([C@@]2(C(=O)NCc3ccc(N)nc3)CCCN2C(=O)CN=CC(=O)O)CC1.Cl.Cl. The zero-order valence-corrected chi connectivity index (χ0v) is 22.9. The molecule has 1 saturated carbocycles. The Bertz CT molecular complexity index is 927. The molecular weight excluding hydrogens is 505 g/mol. The van der Waals surface area contributed by atoms with Gasteiger partial charge in [0.05, 0.1) is 0 Å². The quantitative estimate of drug-likeness (QED) is 0.450. The predicted molar refractivity (Wildman–Crippen MR) is 145 cm³/mol. The van der Waals surface area contributed by atoms with Gasteiger partial charge in [0.2, 0.25) is 11.8 Å². The van der Waals surface area contributed by atoms with E-state index in [1.807, 2.05) is 6.07 Å². The third kappa shape index (κ3) is 7.32. The lowest BCUT2D eigenvalue weighted by Crippen LogP contribution is -2.62. The lowest BCUT2D eigenvalue weighted by atomic mass is 9.64. The lowest BCUT2D eigenvalue weighted by Gasteiger charge is -2.47. The van der Waals surface area contributed by atoms with Crippen molar-refractivity contribution in [1.29, 1.82) is 0 Å². The fourth-order valence-electron chi connectivity index (χ4n) is 5.63. The molecule has 2 heterocycles. The second-order valence-electron chi connectivity index (χ2n) is 10.6. The molecule has 1 aromatic rings. The van der Waals surface area contributed by atoms with E-state index in [9.17, 15) is 14.4 Å². The van der Waals surface area contributed by atoms with Gasteiger partial charge in [-0.15, -0.1) is 24.8 Å². The number of nitrogens with one attached hydrogen (secondary N) is 1. The molecule has 1 saturated heterocycles. The molecule has 4 N–H and O–H groups in total. The summed E-state index contributed by atoms with van der Waals surface area (Å²) >= 11 is 0. The Morgan fingerprint density at radius 2 is 1.89 bits per heavy atom. The van der Waals surface area contributed by atoms with Gasteiger partial charge in [0.1, 0.15) is 24.1 Å². The maximum Gasteiger partial charge on any atom is 0.346 e. The van der Waals surface area contributed by atoms with Crippen LogP contribution in [0.4, 0.5) is 5.82 Å².